The van der Waals surface area contributed by atoms with Crippen LogP contribution >= 0.6 is 0 Å². The Morgan fingerprint density at radius 3 is 1.51 bits per heavy atom. The van der Waals surface area contributed by atoms with Crippen LogP contribution in [0.3, 0.4) is 0 Å². The highest BCUT2D eigenvalue weighted by Gasteiger charge is 2.38. The third kappa shape index (κ3) is 28.6. The van der Waals surface area contributed by atoms with E-state index >= 15 is 0 Å². The van der Waals surface area contributed by atoms with Gasteiger partial charge in [0.25, 0.3) is 0 Å². The lowest BCUT2D eigenvalue weighted by atomic mass is 9.96. The number of nitrogens with zero attached hydrogens (tertiary/aromatic N) is 1. The Morgan fingerprint density at radius 1 is 0.516 bits per heavy atom. The van der Waals surface area contributed by atoms with Gasteiger partial charge in [0, 0.05) is 49.8 Å². The lowest BCUT2D eigenvalue weighted by Crippen LogP contribution is -2.62. The first-order chi connectivity index (χ1) is 44.8. The maximum absolute atomic E-state index is 14.9. The van der Waals surface area contributed by atoms with Gasteiger partial charge in [-0.15, -0.1) is 0 Å². The molecule has 95 heavy (non-hydrogen) atoms. The van der Waals surface area contributed by atoms with E-state index in [-0.39, 0.29) is 82.3 Å². The number of carboxylic acid groups (broad SMARTS) is 1. The zero-order chi connectivity index (χ0) is 71.1. The molecule has 22 N–H and O–H groups in total. The van der Waals surface area contributed by atoms with E-state index < -0.39 is 162 Å². The van der Waals surface area contributed by atoms with Crippen LogP contribution in [-0.4, -0.2) is 166 Å². The van der Waals surface area contributed by atoms with Crippen molar-refractivity contribution >= 4 is 93.7 Å². The normalized spacial score (nSPS) is 14.6. The minimum absolute atomic E-state index is 0.0326. The van der Waals surface area contributed by atoms with Gasteiger partial charge in [0.05, 0.1) is 6.42 Å². The number of guanidine groups is 1. The van der Waals surface area contributed by atoms with E-state index in [0.717, 1.165) is 0 Å². The minimum atomic E-state index is -1.68. The summed E-state index contributed by atoms with van der Waals surface area (Å²) in [5, 5.41) is 36.8. The summed E-state index contributed by atoms with van der Waals surface area (Å²) >= 11 is 0. The fraction of sp³-hybridized carbons (Fsp3) is 0.562. The molecule has 1 aromatic heterocycles. The number of aliphatic carboxylic acids is 1. The number of carbonyl (C=O) groups is 13. The molecule has 0 aliphatic carbocycles. The van der Waals surface area contributed by atoms with Crippen molar-refractivity contribution in [2.75, 3.05) is 13.1 Å². The summed E-state index contributed by atoms with van der Waals surface area (Å²) < 4.78 is 0. The zero-order valence-corrected chi connectivity index (χ0v) is 55.5. The molecular formula is C64H99N17O14. The fourth-order valence-electron chi connectivity index (χ4n) is 10.2. The molecule has 3 aromatic rings. The maximum atomic E-state index is 14.9. The van der Waals surface area contributed by atoms with Crippen LogP contribution in [0.15, 0.2) is 65.8 Å². The molecule has 0 spiro atoms. The lowest BCUT2D eigenvalue weighted by molar-refractivity contribution is -0.139. The van der Waals surface area contributed by atoms with E-state index in [4.69, 9.17) is 28.7 Å². The molecule has 0 aliphatic rings. The van der Waals surface area contributed by atoms with Gasteiger partial charge in [-0.1, -0.05) is 96.5 Å². The topological polar surface area (TPSA) is 521 Å². The first kappa shape index (κ1) is 79.6. The summed E-state index contributed by atoms with van der Waals surface area (Å²) in [5.41, 5.74) is 29.2. The number of aromatic amines is 1. The Labute approximate surface area is 553 Å². The summed E-state index contributed by atoms with van der Waals surface area (Å²) in [7, 11) is 0. The number of aliphatic imine (C=N–C) groups is 1. The van der Waals surface area contributed by atoms with Gasteiger partial charge in [-0.05, 0) is 99.8 Å². The third-order valence-electron chi connectivity index (χ3n) is 15.4. The number of aromatic nitrogens is 1. The second-order valence-electron chi connectivity index (χ2n) is 24.5. The van der Waals surface area contributed by atoms with Crippen molar-refractivity contribution in [1.82, 2.24) is 58.2 Å². The molecule has 0 saturated carbocycles. The molecule has 31 nitrogen and oxygen atoms in total. The highest BCUT2D eigenvalue weighted by molar-refractivity contribution is 6.00. The van der Waals surface area contributed by atoms with Crippen LogP contribution in [0.5, 0.6) is 0 Å². The zero-order valence-electron chi connectivity index (χ0n) is 55.5. The summed E-state index contributed by atoms with van der Waals surface area (Å²) in [6.07, 6.45) is 0.753. The average molecular weight is 1330 g/mol. The Hall–Kier alpha value is -9.68. The number of para-hydroxylation sites is 1. The van der Waals surface area contributed by atoms with Gasteiger partial charge < -0.3 is 91.9 Å². The number of primary amides is 2. The minimum Gasteiger partial charge on any atom is -0.481 e. The number of carboxylic acids is 1. The van der Waals surface area contributed by atoms with E-state index in [1.165, 1.54) is 13.8 Å². The maximum Gasteiger partial charge on any atom is 0.303 e. The molecular weight excluding hydrogens is 1230 g/mol. The first-order valence-corrected chi connectivity index (χ1v) is 32.0. The van der Waals surface area contributed by atoms with Crippen LogP contribution in [0, 0.1) is 17.8 Å². The summed E-state index contributed by atoms with van der Waals surface area (Å²) in [4.78, 5) is 184. The monoisotopic (exact) mass is 1330 g/mol. The van der Waals surface area contributed by atoms with Gasteiger partial charge in [0.1, 0.15) is 60.4 Å². The molecule has 0 bridgehead atoms. The molecule has 12 amide bonds. The van der Waals surface area contributed by atoms with Crippen LogP contribution in [-0.2, 0) is 75.2 Å². The largest absolute Gasteiger partial charge is 0.481 e. The van der Waals surface area contributed by atoms with Crippen LogP contribution in [0.4, 0.5) is 0 Å². The van der Waals surface area contributed by atoms with Gasteiger partial charge in [0.15, 0.2) is 5.96 Å². The number of hydrogen-bond acceptors (Lipinski definition) is 15. The molecule has 31 heteroatoms. The summed E-state index contributed by atoms with van der Waals surface area (Å²) in [5.74, 6) is -13.0. The number of nitrogens with two attached hydrogens (primary N) is 5. The molecule has 0 unspecified atom stereocenters. The van der Waals surface area contributed by atoms with E-state index in [1.807, 2.05) is 13.8 Å². The molecule has 0 aliphatic heterocycles. The number of carbonyl (C=O) groups excluding carboxylic acids is 12. The molecule has 11 atom stereocenters. The predicted molar refractivity (Wildman–Crippen MR) is 354 cm³/mol. The number of rotatable bonds is 43. The van der Waals surface area contributed by atoms with Gasteiger partial charge in [-0.3, -0.25) is 67.3 Å². The Morgan fingerprint density at radius 2 is 0.979 bits per heavy atom. The smallest absolute Gasteiger partial charge is 0.303 e. The van der Waals surface area contributed by atoms with Crippen LogP contribution in [0.1, 0.15) is 137 Å². The number of hydrogen-bond donors (Lipinski definition) is 17. The molecule has 0 radical (unpaired) electrons. The van der Waals surface area contributed by atoms with Crippen LogP contribution in [0.25, 0.3) is 10.9 Å². The van der Waals surface area contributed by atoms with Crippen molar-refractivity contribution < 1.29 is 67.4 Å². The highest BCUT2D eigenvalue weighted by atomic mass is 16.4. The number of fused-ring (bicyclic) bond motifs is 1. The predicted octanol–water partition coefficient (Wildman–Crippen LogP) is -1.61. The van der Waals surface area contributed by atoms with Crippen molar-refractivity contribution in [3.8, 4) is 0 Å². The number of nitrogens with one attached hydrogen (secondary N) is 11. The van der Waals surface area contributed by atoms with Gasteiger partial charge in [-0.2, -0.15) is 0 Å². The molecule has 0 saturated heterocycles. The van der Waals surface area contributed by atoms with Crippen molar-refractivity contribution in [2.45, 2.75) is 199 Å². The van der Waals surface area contributed by atoms with Gasteiger partial charge >= 0.3 is 5.97 Å². The molecule has 524 valence electrons. The number of unbranched alkanes of at least 4 members (excludes halogenated alkanes) is 1. The summed E-state index contributed by atoms with van der Waals surface area (Å²) in [6.45, 7) is 13.4. The van der Waals surface area contributed by atoms with Crippen molar-refractivity contribution in [1.29, 1.82) is 0 Å². The Balaban J connectivity index is 2.05. The van der Waals surface area contributed by atoms with Crippen LogP contribution < -0.4 is 81.8 Å². The SMILES string of the molecule is CC[C@H](C)[C@H](NC(=O)[C@H](Cc1ccccc1)NC(=O)[C@H](CC(C)C)NC(=O)[C@@H](CCCN=C(N)N)NC(C)=O)C(=O)N[C@@H](CCC(=O)O)C(=O)N[C@@H](Cc1c[nH]c2ccccc12)C(=O)N[C@@H](CC(C)C)C(=O)N[C@@H](CCCCN)C(=O)N[C@@H](CC(N)=O)C(=O)N[C@H](C)C(N)=O. The van der Waals surface area contributed by atoms with Gasteiger partial charge in [0.2, 0.25) is 70.9 Å². The van der Waals surface area contributed by atoms with Crippen molar-refractivity contribution in [2.24, 2.45) is 51.4 Å². The van der Waals surface area contributed by atoms with E-state index in [9.17, 15) is 67.4 Å². The van der Waals surface area contributed by atoms with Gasteiger partial charge in [-0.25, -0.2) is 0 Å². The molecule has 1 heterocycles. The van der Waals surface area contributed by atoms with Crippen molar-refractivity contribution in [3.63, 3.8) is 0 Å². The molecule has 2 aromatic carbocycles. The molecule has 3 rings (SSSR count). The van der Waals surface area contributed by atoms with Crippen LogP contribution in [0.2, 0.25) is 0 Å². The lowest BCUT2D eigenvalue weighted by Gasteiger charge is -2.30. The van der Waals surface area contributed by atoms with E-state index in [2.05, 4.69) is 63.1 Å². The number of benzene rings is 2. The number of H-pyrrole nitrogens is 1. The highest BCUT2D eigenvalue weighted by Crippen LogP contribution is 2.21. The second-order valence-corrected chi connectivity index (χ2v) is 24.5. The first-order valence-electron chi connectivity index (χ1n) is 32.0. The standard InChI is InChI=1S/C64H99N17O14/c1-9-36(6)53(81-62(94)48(30-39-18-11-10-12-19-39)78-60(92)47(29-35(4)5)76-55(87)43(73-38(8)82)23-17-27-70-64(68)69)63(95)75-45(24-25-52(84)85)57(89)79-49(31-40-33-71-42-21-14-13-20-41(40)42)61(93)77-46(28-34(2)3)59(91)74-44(22-15-16-26-65)56(88)80-50(32-51(66)83)58(90)72-37(7)54(67)86/h10-14,18-21,33-37,43-50,53,71H,9,15-17,22-32,65H2,1-8H3,(H2,66,83)(H2,67,86)(H,72,90)(H,73,82)(H,74,91)(H,75,95)(H,76,87)(H,77,93)(H,78,92)(H,79,89)(H,80,88)(H,81,94)(H,84,85)(H4,68,69,70)/t36-,37+,43+,44-,45-,46-,47-,48-,49-,50-,53-/m0/s1. The Kier molecular flexibility index (Phi) is 33.9. The van der Waals surface area contributed by atoms with E-state index in [1.54, 1.807) is 88.5 Å². The van der Waals surface area contributed by atoms with Crippen molar-refractivity contribution in [3.05, 3.63) is 71.9 Å². The fourth-order valence-corrected chi connectivity index (χ4v) is 10.2. The van der Waals surface area contributed by atoms with E-state index in [0.29, 0.717) is 34.9 Å². The summed E-state index contributed by atoms with van der Waals surface area (Å²) in [6, 6.07) is 1.68. The Bertz CT molecular complexity index is 3140. The third-order valence-corrected chi connectivity index (χ3v) is 15.4. The second kappa shape index (κ2) is 40.4. The molecule has 0 fully saturated rings. The quantitative estimate of drug-likeness (QED) is 0.0172. The number of amides is 12. The average Bonchev–Trinajstić information content (AvgIpc) is 1.78.